The highest BCUT2D eigenvalue weighted by atomic mass is 35.5. The van der Waals surface area contributed by atoms with Crippen LogP contribution < -0.4 is 10.6 Å². The van der Waals surface area contributed by atoms with Gasteiger partial charge in [-0.15, -0.1) is 0 Å². The lowest BCUT2D eigenvalue weighted by Crippen LogP contribution is -2.18. The van der Waals surface area contributed by atoms with E-state index < -0.39 is 0 Å². The molecule has 0 unspecified atom stereocenters. The van der Waals surface area contributed by atoms with Gasteiger partial charge in [0.15, 0.2) is 0 Å². The van der Waals surface area contributed by atoms with Gasteiger partial charge in [-0.1, -0.05) is 38.3 Å². The first-order chi connectivity index (χ1) is 8.62. The van der Waals surface area contributed by atoms with Crippen LogP contribution in [0.15, 0.2) is 18.2 Å². The van der Waals surface area contributed by atoms with Crippen LogP contribution in [0.3, 0.4) is 0 Å². The maximum Gasteiger partial charge on any atom is 0.251 e. The van der Waals surface area contributed by atoms with Gasteiger partial charge in [0, 0.05) is 19.2 Å². The van der Waals surface area contributed by atoms with Crippen LogP contribution in [-0.4, -0.2) is 19.5 Å². The first kappa shape index (κ1) is 14.8. The van der Waals surface area contributed by atoms with Crippen LogP contribution in [0.1, 0.15) is 37.0 Å². The topological polar surface area (TPSA) is 41.1 Å². The molecule has 0 saturated carbocycles. The molecule has 0 aliphatic heterocycles. The van der Waals surface area contributed by atoms with Gasteiger partial charge in [-0.2, -0.15) is 0 Å². The van der Waals surface area contributed by atoms with E-state index in [9.17, 15) is 4.79 Å². The average Bonchev–Trinajstić information content (AvgIpc) is 2.40. The van der Waals surface area contributed by atoms with Crippen molar-refractivity contribution in [2.75, 3.05) is 18.9 Å². The number of rotatable bonds is 6. The molecule has 0 fully saturated rings. The van der Waals surface area contributed by atoms with Crippen molar-refractivity contribution in [3.8, 4) is 0 Å². The Balaban J connectivity index is 2.78. The fourth-order valence-corrected chi connectivity index (χ4v) is 1.96. The molecule has 1 aromatic carbocycles. The third-order valence-electron chi connectivity index (χ3n) is 3.19. The van der Waals surface area contributed by atoms with Crippen molar-refractivity contribution in [2.24, 2.45) is 5.92 Å². The average molecular weight is 269 g/mol. The third kappa shape index (κ3) is 3.91. The van der Waals surface area contributed by atoms with E-state index in [-0.39, 0.29) is 5.91 Å². The zero-order valence-corrected chi connectivity index (χ0v) is 12.0. The molecule has 0 bridgehead atoms. The highest BCUT2D eigenvalue weighted by Gasteiger charge is 2.09. The Labute approximate surface area is 114 Å². The molecule has 0 aromatic heterocycles. The van der Waals surface area contributed by atoms with E-state index in [0.29, 0.717) is 16.5 Å². The largest absolute Gasteiger partial charge is 0.384 e. The molecule has 100 valence electrons. The minimum atomic E-state index is -0.0998. The van der Waals surface area contributed by atoms with Gasteiger partial charge in [0.2, 0.25) is 0 Å². The SMILES string of the molecule is CCC(CC)CNc1cc(C(=O)NC)ccc1Cl. The second kappa shape index (κ2) is 7.27. The van der Waals surface area contributed by atoms with E-state index >= 15 is 0 Å². The van der Waals surface area contributed by atoms with Gasteiger partial charge in [-0.05, 0) is 24.1 Å². The molecular formula is C14H21ClN2O. The van der Waals surface area contributed by atoms with Gasteiger partial charge in [0.05, 0.1) is 10.7 Å². The summed E-state index contributed by atoms with van der Waals surface area (Å²) in [5.74, 6) is 0.530. The van der Waals surface area contributed by atoms with E-state index in [1.54, 1.807) is 25.2 Å². The summed E-state index contributed by atoms with van der Waals surface area (Å²) in [6.45, 7) is 5.24. The zero-order chi connectivity index (χ0) is 13.5. The number of anilines is 1. The van der Waals surface area contributed by atoms with Crippen molar-refractivity contribution in [2.45, 2.75) is 26.7 Å². The number of carbonyl (C=O) groups excluding carboxylic acids is 1. The van der Waals surface area contributed by atoms with Gasteiger partial charge < -0.3 is 10.6 Å². The molecule has 1 aromatic rings. The molecule has 2 N–H and O–H groups in total. The van der Waals surface area contributed by atoms with Crippen LogP contribution in [0.4, 0.5) is 5.69 Å². The third-order valence-corrected chi connectivity index (χ3v) is 3.52. The smallest absolute Gasteiger partial charge is 0.251 e. The highest BCUT2D eigenvalue weighted by molar-refractivity contribution is 6.33. The fourth-order valence-electron chi connectivity index (χ4n) is 1.78. The Kier molecular flexibility index (Phi) is 5.99. The first-order valence-corrected chi connectivity index (χ1v) is 6.75. The maximum atomic E-state index is 11.5. The van der Waals surface area contributed by atoms with Crippen molar-refractivity contribution in [1.82, 2.24) is 5.32 Å². The molecule has 0 heterocycles. The maximum absolute atomic E-state index is 11.5. The minimum Gasteiger partial charge on any atom is -0.384 e. The Hall–Kier alpha value is -1.22. The molecule has 1 amide bonds. The number of carbonyl (C=O) groups is 1. The normalized spacial score (nSPS) is 10.5. The van der Waals surface area contributed by atoms with Crippen LogP contribution in [0.2, 0.25) is 5.02 Å². The van der Waals surface area contributed by atoms with E-state index in [2.05, 4.69) is 24.5 Å². The number of hydrogen-bond donors (Lipinski definition) is 2. The number of nitrogens with one attached hydrogen (secondary N) is 2. The van der Waals surface area contributed by atoms with E-state index in [1.807, 2.05) is 0 Å². The summed E-state index contributed by atoms with van der Waals surface area (Å²) >= 11 is 6.12. The molecule has 0 spiro atoms. The van der Waals surface area contributed by atoms with Gasteiger partial charge >= 0.3 is 0 Å². The summed E-state index contributed by atoms with van der Waals surface area (Å²) in [6, 6.07) is 5.27. The van der Waals surface area contributed by atoms with Crippen LogP contribution >= 0.6 is 11.6 Å². The van der Waals surface area contributed by atoms with Gasteiger partial charge in [-0.25, -0.2) is 0 Å². The van der Waals surface area contributed by atoms with Crippen LogP contribution in [0.5, 0.6) is 0 Å². The molecule has 1 rings (SSSR count). The Morgan fingerprint density at radius 3 is 2.56 bits per heavy atom. The van der Waals surface area contributed by atoms with Crippen molar-refractivity contribution in [1.29, 1.82) is 0 Å². The molecule has 0 aliphatic rings. The second-order valence-electron chi connectivity index (χ2n) is 4.34. The molecule has 18 heavy (non-hydrogen) atoms. The van der Waals surface area contributed by atoms with Crippen molar-refractivity contribution in [3.63, 3.8) is 0 Å². The van der Waals surface area contributed by atoms with E-state index in [1.165, 1.54) is 0 Å². The van der Waals surface area contributed by atoms with Crippen molar-refractivity contribution >= 4 is 23.2 Å². The zero-order valence-electron chi connectivity index (χ0n) is 11.2. The van der Waals surface area contributed by atoms with Crippen LogP contribution in [0, 0.1) is 5.92 Å². The Morgan fingerprint density at radius 1 is 1.33 bits per heavy atom. The van der Waals surface area contributed by atoms with Crippen molar-refractivity contribution in [3.05, 3.63) is 28.8 Å². The van der Waals surface area contributed by atoms with Crippen LogP contribution in [-0.2, 0) is 0 Å². The van der Waals surface area contributed by atoms with Gasteiger partial charge in [0.1, 0.15) is 0 Å². The number of halogens is 1. The summed E-state index contributed by atoms with van der Waals surface area (Å²) in [7, 11) is 1.62. The summed E-state index contributed by atoms with van der Waals surface area (Å²) in [6.07, 6.45) is 2.27. The molecule has 3 nitrogen and oxygen atoms in total. The summed E-state index contributed by atoms with van der Waals surface area (Å²) in [5, 5.41) is 6.57. The summed E-state index contributed by atoms with van der Waals surface area (Å²) in [5.41, 5.74) is 1.44. The molecule has 0 atom stereocenters. The standard InChI is InChI=1S/C14H21ClN2O/c1-4-10(5-2)9-17-13-8-11(14(18)16-3)6-7-12(13)15/h6-8,10,17H,4-5,9H2,1-3H3,(H,16,18). The predicted molar refractivity (Wildman–Crippen MR) is 77.4 cm³/mol. The first-order valence-electron chi connectivity index (χ1n) is 6.37. The minimum absolute atomic E-state index is 0.0998. The summed E-state index contributed by atoms with van der Waals surface area (Å²) < 4.78 is 0. The van der Waals surface area contributed by atoms with Crippen LogP contribution in [0.25, 0.3) is 0 Å². The van der Waals surface area contributed by atoms with Crippen molar-refractivity contribution < 1.29 is 4.79 Å². The molecular weight excluding hydrogens is 248 g/mol. The monoisotopic (exact) mass is 268 g/mol. The Bertz CT molecular complexity index is 403. The lowest BCUT2D eigenvalue weighted by molar-refractivity contribution is 0.0963. The Morgan fingerprint density at radius 2 is 2.00 bits per heavy atom. The molecule has 4 heteroatoms. The number of amides is 1. The van der Waals surface area contributed by atoms with Gasteiger partial charge in [-0.3, -0.25) is 4.79 Å². The quantitative estimate of drug-likeness (QED) is 0.828. The lowest BCUT2D eigenvalue weighted by atomic mass is 10.0. The fraction of sp³-hybridized carbons (Fsp3) is 0.500. The van der Waals surface area contributed by atoms with E-state index in [0.717, 1.165) is 25.1 Å². The number of benzene rings is 1. The van der Waals surface area contributed by atoms with E-state index in [4.69, 9.17) is 11.6 Å². The molecule has 0 aliphatic carbocycles. The molecule has 0 radical (unpaired) electrons. The lowest BCUT2D eigenvalue weighted by Gasteiger charge is -2.15. The predicted octanol–water partition coefficient (Wildman–Crippen LogP) is 3.55. The number of hydrogen-bond acceptors (Lipinski definition) is 2. The highest BCUT2D eigenvalue weighted by Crippen LogP contribution is 2.24. The second-order valence-corrected chi connectivity index (χ2v) is 4.74. The molecule has 0 saturated heterocycles. The van der Waals surface area contributed by atoms with Gasteiger partial charge in [0.25, 0.3) is 5.91 Å². The summed E-state index contributed by atoms with van der Waals surface area (Å²) in [4.78, 5) is 11.5.